The molecule has 2 aliphatic rings. The predicted octanol–water partition coefficient (Wildman–Crippen LogP) is 7.44. The lowest BCUT2D eigenvalue weighted by Crippen LogP contribution is -2.54. The highest BCUT2D eigenvalue weighted by atomic mass is 35.5. The molecule has 324 valence electrons. The minimum atomic E-state index is -1.28. The first-order chi connectivity index (χ1) is 29.7. The van der Waals surface area contributed by atoms with Gasteiger partial charge in [-0.3, -0.25) is 9.80 Å². The van der Waals surface area contributed by atoms with E-state index in [4.69, 9.17) is 46.1 Å². The summed E-state index contributed by atoms with van der Waals surface area (Å²) in [4.78, 5) is 43.3. The van der Waals surface area contributed by atoms with Crippen LogP contribution < -0.4 is 32.7 Å². The van der Waals surface area contributed by atoms with Gasteiger partial charge in [0, 0.05) is 39.0 Å². The Balaban J connectivity index is 0.000000167. The molecule has 0 spiro atoms. The van der Waals surface area contributed by atoms with Crippen molar-refractivity contribution in [2.45, 2.75) is 45.4 Å². The molecule has 6 aromatic rings. The molecular formula is C45H44Cl2N10O6. The molecule has 12 N–H and O–H groups in total. The van der Waals surface area contributed by atoms with Gasteiger partial charge in [0.2, 0.25) is 23.8 Å². The van der Waals surface area contributed by atoms with Crippen molar-refractivity contribution in [1.82, 2.24) is 0 Å². The number of nitrogens with zero attached hydrogens (tertiary/aromatic N) is 6. The number of carboxylic acids is 2. The maximum absolute atomic E-state index is 11.6. The number of aromatic carboxylic acids is 2. The summed E-state index contributed by atoms with van der Waals surface area (Å²) >= 11 is 11.7. The third-order valence-corrected chi connectivity index (χ3v) is 10.5. The van der Waals surface area contributed by atoms with Gasteiger partial charge in [0.25, 0.3) is 0 Å². The SMILES string of the molecule is CC1(C)N=C(N)N=C(N)N1c1ccc(Cl)cc1.CC1(C)N=C(N)N=C(N)N1c1ccc(Cl)cc1.O=C(O)c1cc2ccccc2c(Cc2c(O)c(C(=O)O)cc3ccccc23)c1O. The Morgan fingerprint density at radius 1 is 0.571 bits per heavy atom. The number of anilines is 2. The molecule has 0 aliphatic carbocycles. The third kappa shape index (κ3) is 9.67. The van der Waals surface area contributed by atoms with Gasteiger partial charge in [0.15, 0.2) is 0 Å². The van der Waals surface area contributed by atoms with Crippen LogP contribution in [0.2, 0.25) is 10.0 Å². The molecule has 0 fully saturated rings. The van der Waals surface area contributed by atoms with E-state index in [1.165, 1.54) is 12.1 Å². The number of phenols is 2. The summed E-state index contributed by atoms with van der Waals surface area (Å²) < 4.78 is 0. The minimum Gasteiger partial charge on any atom is -0.507 e. The average Bonchev–Trinajstić information content (AvgIpc) is 3.20. The van der Waals surface area contributed by atoms with Crippen molar-refractivity contribution in [3.05, 3.63) is 141 Å². The molecule has 6 aromatic carbocycles. The first-order valence-electron chi connectivity index (χ1n) is 19.1. The summed E-state index contributed by atoms with van der Waals surface area (Å²) in [7, 11) is 0. The summed E-state index contributed by atoms with van der Waals surface area (Å²) in [6.45, 7) is 7.65. The van der Waals surface area contributed by atoms with Gasteiger partial charge in [0.1, 0.15) is 34.0 Å². The van der Waals surface area contributed by atoms with E-state index in [1.807, 2.05) is 52.0 Å². The van der Waals surface area contributed by atoms with Gasteiger partial charge >= 0.3 is 11.9 Å². The Kier molecular flexibility index (Phi) is 12.7. The topological polar surface area (TPSA) is 275 Å². The average molecular weight is 892 g/mol. The molecule has 0 aromatic heterocycles. The molecule has 18 heteroatoms. The molecule has 16 nitrogen and oxygen atoms in total. The Labute approximate surface area is 371 Å². The van der Waals surface area contributed by atoms with E-state index in [9.17, 15) is 30.0 Å². The molecule has 2 aliphatic heterocycles. The van der Waals surface area contributed by atoms with Gasteiger partial charge in [-0.1, -0.05) is 71.7 Å². The number of nitrogens with two attached hydrogens (primary N) is 4. The van der Waals surface area contributed by atoms with E-state index in [-0.39, 0.29) is 29.5 Å². The number of carbonyl (C=O) groups is 2. The van der Waals surface area contributed by atoms with Gasteiger partial charge in [-0.15, -0.1) is 0 Å². The van der Waals surface area contributed by atoms with E-state index in [2.05, 4.69) is 20.0 Å². The van der Waals surface area contributed by atoms with Crippen LogP contribution in [0.4, 0.5) is 11.4 Å². The zero-order valence-electron chi connectivity index (χ0n) is 34.5. The zero-order chi connectivity index (χ0) is 46.0. The molecule has 0 saturated heterocycles. The molecular weight excluding hydrogens is 847 g/mol. The lowest BCUT2D eigenvalue weighted by molar-refractivity contribution is 0.0682. The molecule has 2 heterocycles. The summed E-state index contributed by atoms with van der Waals surface area (Å²) in [5.74, 6) is -2.32. The van der Waals surface area contributed by atoms with Gasteiger partial charge < -0.3 is 43.4 Å². The standard InChI is InChI=1S/C23H16O6.2C11H14ClN5/c24-20-16(14-7-3-1-5-12(14)9-18(20)22(26)27)11-17-15-8-4-2-6-13(15)10-19(21(17)25)23(28)29;2*1-11(2)16-9(13)15-10(14)17(11)8-5-3-7(12)4-6-8/h1-10,24-25H,11H2,(H,26,27)(H,28,29);2*3-6H,1-2H3,(H4,13,14,15,16). The normalized spacial score (nSPS) is 15.1. The van der Waals surface area contributed by atoms with Crippen LogP contribution in [-0.2, 0) is 6.42 Å². The quantitative estimate of drug-likeness (QED) is 0.0810. The third-order valence-electron chi connectivity index (χ3n) is 10.0. The molecule has 0 radical (unpaired) electrons. The van der Waals surface area contributed by atoms with Crippen molar-refractivity contribution in [2.75, 3.05) is 9.80 Å². The molecule has 63 heavy (non-hydrogen) atoms. The summed E-state index contributed by atoms with van der Waals surface area (Å²) in [6.07, 6.45) is -0.0407. The van der Waals surface area contributed by atoms with Crippen molar-refractivity contribution < 1.29 is 30.0 Å². The van der Waals surface area contributed by atoms with Crippen molar-refractivity contribution in [3.63, 3.8) is 0 Å². The molecule has 0 amide bonds. The number of guanidine groups is 4. The number of benzene rings is 6. The fourth-order valence-corrected chi connectivity index (χ4v) is 7.62. The van der Waals surface area contributed by atoms with Crippen molar-refractivity contribution in [2.24, 2.45) is 42.9 Å². The van der Waals surface area contributed by atoms with Crippen LogP contribution in [-0.4, -0.2) is 67.5 Å². The number of hydrogen-bond donors (Lipinski definition) is 8. The van der Waals surface area contributed by atoms with E-state index in [0.717, 1.165) is 11.4 Å². The van der Waals surface area contributed by atoms with E-state index >= 15 is 0 Å². The number of hydrogen-bond acceptors (Lipinski definition) is 14. The number of rotatable bonds is 6. The Hall–Kier alpha value is -7.56. The molecule has 0 saturated carbocycles. The molecule has 0 unspecified atom stereocenters. The van der Waals surface area contributed by atoms with Crippen LogP contribution in [0.3, 0.4) is 0 Å². The smallest absolute Gasteiger partial charge is 0.339 e. The Morgan fingerprint density at radius 3 is 1.22 bits per heavy atom. The maximum Gasteiger partial charge on any atom is 0.339 e. The second-order valence-corrected chi connectivity index (χ2v) is 16.1. The van der Waals surface area contributed by atoms with E-state index < -0.39 is 34.8 Å². The first-order valence-corrected chi connectivity index (χ1v) is 19.9. The fourth-order valence-electron chi connectivity index (χ4n) is 7.37. The number of halogens is 2. The van der Waals surface area contributed by atoms with E-state index in [1.54, 1.807) is 82.6 Å². The van der Waals surface area contributed by atoms with Crippen LogP contribution in [0.1, 0.15) is 59.5 Å². The second kappa shape index (κ2) is 17.8. The zero-order valence-corrected chi connectivity index (χ0v) is 36.0. The van der Waals surface area contributed by atoms with Crippen molar-refractivity contribution in [3.8, 4) is 11.5 Å². The molecule has 8 rings (SSSR count). The lowest BCUT2D eigenvalue weighted by atomic mass is 9.90. The highest BCUT2D eigenvalue weighted by Crippen LogP contribution is 2.39. The van der Waals surface area contributed by atoms with Gasteiger partial charge in [-0.25, -0.2) is 19.6 Å². The molecule has 0 atom stereocenters. The summed E-state index contributed by atoms with van der Waals surface area (Å²) in [6, 6.07) is 31.4. The monoisotopic (exact) mass is 890 g/mol. The first kappa shape index (κ1) is 45.0. The predicted molar refractivity (Wildman–Crippen MR) is 250 cm³/mol. The van der Waals surface area contributed by atoms with Crippen molar-refractivity contribution >= 4 is 91.9 Å². The Morgan fingerprint density at radius 2 is 0.905 bits per heavy atom. The minimum absolute atomic E-state index is 0.0407. The van der Waals surface area contributed by atoms with Crippen LogP contribution in [0.25, 0.3) is 21.5 Å². The molecule has 0 bridgehead atoms. The van der Waals surface area contributed by atoms with Gasteiger partial charge in [0.05, 0.1) is 0 Å². The van der Waals surface area contributed by atoms with Crippen molar-refractivity contribution in [1.29, 1.82) is 0 Å². The number of carboxylic acid groups (broad SMARTS) is 2. The van der Waals surface area contributed by atoms with Crippen LogP contribution in [0, 0.1) is 0 Å². The second-order valence-electron chi connectivity index (χ2n) is 15.2. The number of fused-ring (bicyclic) bond motifs is 2. The largest absolute Gasteiger partial charge is 0.507 e. The highest BCUT2D eigenvalue weighted by molar-refractivity contribution is 6.31. The van der Waals surface area contributed by atoms with Crippen LogP contribution in [0.5, 0.6) is 11.5 Å². The lowest BCUT2D eigenvalue weighted by Gasteiger charge is -2.38. The van der Waals surface area contributed by atoms with Crippen LogP contribution in [0.15, 0.2) is 129 Å². The number of aliphatic imine (C=N–C) groups is 4. The Bertz CT molecular complexity index is 2690. The van der Waals surface area contributed by atoms with Gasteiger partial charge in [-0.2, -0.15) is 9.98 Å². The number of aromatic hydroxyl groups is 2. The summed E-state index contributed by atoms with van der Waals surface area (Å²) in [5.41, 5.74) is 23.7. The summed E-state index contributed by atoms with van der Waals surface area (Å²) in [5, 5.41) is 44.1. The van der Waals surface area contributed by atoms with Gasteiger partial charge in [-0.05, 0) is 110 Å². The maximum atomic E-state index is 11.6. The van der Waals surface area contributed by atoms with Crippen LogP contribution >= 0.6 is 23.2 Å². The fraction of sp³-hybridized carbons (Fsp3) is 0.156. The van der Waals surface area contributed by atoms with E-state index in [0.29, 0.717) is 54.6 Å². The highest BCUT2D eigenvalue weighted by Gasteiger charge is 2.34.